The van der Waals surface area contributed by atoms with Crippen LogP contribution in [-0.2, 0) is 13.2 Å². The number of aryl methyl sites for hydroxylation is 1. The fourth-order valence-electron chi connectivity index (χ4n) is 2.59. The highest BCUT2D eigenvalue weighted by atomic mass is 16.5. The number of rotatable bonds is 4. The van der Waals surface area contributed by atoms with Crippen molar-refractivity contribution in [2.24, 2.45) is 0 Å². The maximum atomic E-state index is 12.3. The van der Waals surface area contributed by atoms with Gasteiger partial charge in [-0.1, -0.05) is 35.5 Å². The van der Waals surface area contributed by atoms with Crippen molar-refractivity contribution in [3.8, 4) is 11.1 Å². The topological polar surface area (TPSA) is 94.3 Å². The zero-order valence-corrected chi connectivity index (χ0v) is 12.7. The molecule has 6 heteroatoms. The Balaban J connectivity index is 2.10. The molecule has 0 atom stereocenters. The monoisotopic (exact) mass is 311 g/mol. The van der Waals surface area contributed by atoms with E-state index in [-0.39, 0.29) is 17.9 Å². The third-order valence-electron chi connectivity index (χ3n) is 3.68. The van der Waals surface area contributed by atoms with Crippen LogP contribution in [0.3, 0.4) is 0 Å². The molecule has 3 N–H and O–H groups in total. The maximum absolute atomic E-state index is 12.3. The van der Waals surface area contributed by atoms with Gasteiger partial charge in [0.25, 0.3) is 5.56 Å². The lowest BCUT2D eigenvalue weighted by molar-refractivity contribution is 0.266. The average Bonchev–Trinajstić information content (AvgIpc) is 2.93. The lowest BCUT2D eigenvalue weighted by atomic mass is 10.1. The zero-order valence-electron chi connectivity index (χ0n) is 12.7. The van der Waals surface area contributed by atoms with Crippen LogP contribution in [0.2, 0.25) is 0 Å². The number of hydrogen-bond acceptors (Lipinski definition) is 5. The largest absolute Gasteiger partial charge is 0.394 e. The first-order valence-corrected chi connectivity index (χ1v) is 7.20. The van der Waals surface area contributed by atoms with Gasteiger partial charge in [0.05, 0.1) is 24.4 Å². The first-order chi connectivity index (χ1) is 11.1. The van der Waals surface area contributed by atoms with Gasteiger partial charge >= 0.3 is 0 Å². The van der Waals surface area contributed by atoms with Gasteiger partial charge in [-0.25, -0.2) is 0 Å². The van der Waals surface area contributed by atoms with Crippen LogP contribution in [0.15, 0.2) is 51.9 Å². The van der Waals surface area contributed by atoms with E-state index >= 15 is 0 Å². The molecule has 0 spiro atoms. The van der Waals surface area contributed by atoms with Crippen molar-refractivity contribution in [1.82, 2.24) is 9.72 Å². The van der Waals surface area contributed by atoms with E-state index in [4.69, 9.17) is 10.3 Å². The van der Waals surface area contributed by atoms with Crippen LogP contribution in [-0.4, -0.2) is 14.8 Å². The van der Waals surface area contributed by atoms with Crippen LogP contribution in [0, 0.1) is 6.92 Å². The summed E-state index contributed by atoms with van der Waals surface area (Å²) in [5.41, 5.74) is 8.55. The molecular weight excluding hydrogens is 294 g/mol. The molecule has 2 heterocycles. The van der Waals surface area contributed by atoms with Gasteiger partial charge in [0.1, 0.15) is 11.5 Å². The van der Waals surface area contributed by atoms with Crippen molar-refractivity contribution < 1.29 is 9.63 Å². The molecule has 0 unspecified atom stereocenters. The van der Waals surface area contributed by atoms with Crippen LogP contribution >= 0.6 is 0 Å². The number of benzene rings is 1. The normalized spacial score (nSPS) is 10.9. The van der Waals surface area contributed by atoms with Gasteiger partial charge < -0.3 is 19.9 Å². The summed E-state index contributed by atoms with van der Waals surface area (Å²) in [6, 6.07) is 11.2. The molecule has 2 aromatic heterocycles. The second-order valence-electron chi connectivity index (χ2n) is 5.32. The van der Waals surface area contributed by atoms with E-state index in [1.807, 2.05) is 30.3 Å². The number of nitrogens with two attached hydrogens (primary N) is 1. The van der Waals surface area contributed by atoms with Gasteiger partial charge in [0.2, 0.25) is 0 Å². The molecule has 0 aliphatic carbocycles. The highest BCUT2D eigenvalue weighted by molar-refractivity contribution is 5.69. The number of hydrogen-bond donors (Lipinski definition) is 2. The third kappa shape index (κ3) is 2.89. The minimum Gasteiger partial charge on any atom is -0.394 e. The average molecular weight is 311 g/mol. The van der Waals surface area contributed by atoms with E-state index in [2.05, 4.69) is 5.16 Å². The van der Waals surface area contributed by atoms with E-state index < -0.39 is 0 Å². The van der Waals surface area contributed by atoms with Crippen LogP contribution in [0.5, 0.6) is 0 Å². The van der Waals surface area contributed by atoms with Crippen molar-refractivity contribution in [3.05, 3.63) is 70.0 Å². The van der Waals surface area contributed by atoms with Gasteiger partial charge in [-0.05, 0) is 18.6 Å². The van der Waals surface area contributed by atoms with Gasteiger partial charge in [-0.3, -0.25) is 4.79 Å². The smallest absolute Gasteiger partial charge is 0.274 e. The van der Waals surface area contributed by atoms with Gasteiger partial charge in [-0.2, -0.15) is 0 Å². The number of aliphatic hydroxyl groups excluding tert-OH is 1. The van der Waals surface area contributed by atoms with Crippen molar-refractivity contribution in [2.45, 2.75) is 20.1 Å². The molecule has 0 amide bonds. The first kappa shape index (κ1) is 15.1. The number of nitrogens with zero attached hydrogens (tertiary/aromatic N) is 2. The second-order valence-corrected chi connectivity index (χ2v) is 5.32. The van der Waals surface area contributed by atoms with Crippen LogP contribution in [0.4, 0.5) is 5.69 Å². The lowest BCUT2D eigenvalue weighted by Crippen LogP contribution is -2.23. The third-order valence-corrected chi connectivity index (χ3v) is 3.68. The Morgan fingerprint density at radius 2 is 2.04 bits per heavy atom. The molecule has 0 bridgehead atoms. The molecular formula is C17H17N3O3. The standard InChI is InChI=1S/C17H17N3O3/c1-11-16(15(10-21)19-23-11)13-7-14(18)17(22)20(9-13)8-12-5-3-2-4-6-12/h2-7,9,21H,8,10,18H2,1H3. The van der Waals surface area contributed by atoms with E-state index in [0.717, 1.165) is 5.56 Å². The Morgan fingerprint density at radius 3 is 2.74 bits per heavy atom. The lowest BCUT2D eigenvalue weighted by Gasteiger charge is -2.10. The summed E-state index contributed by atoms with van der Waals surface area (Å²) >= 11 is 0. The van der Waals surface area contributed by atoms with E-state index in [0.29, 0.717) is 29.1 Å². The van der Waals surface area contributed by atoms with Gasteiger partial charge in [-0.15, -0.1) is 0 Å². The summed E-state index contributed by atoms with van der Waals surface area (Å²) in [6.45, 7) is 1.92. The number of anilines is 1. The van der Waals surface area contributed by atoms with Crippen LogP contribution < -0.4 is 11.3 Å². The van der Waals surface area contributed by atoms with Crippen molar-refractivity contribution in [2.75, 3.05) is 5.73 Å². The second kappa shape index (κ2) is 6.10. The summed E-state index contributed by atoms with van der Waals surface area (Å²) in [5, 5.41) is 13.2. The molecule has 0 radical (unpaired) electrons. The molecule has 3 rings (SSSR count). The Kier molecular flexibility index (Phi) is 3.99. The fourth-order valence-corrected chi connectivity index (χ4v) is 2.59. The minimum absolute atomic E-state index is 0.142. The number of nitrogen functional groups attached to an aromatic ring is 1. The molecule has 0 saturated carbocycles. The SMILES string of the molecule is Cc1onc(CO)c1-c1cc(N)c(=O)n(Cc2ccccc2)c1. The Bertz CT molecular complexity index is 882. The molecule has 0 saturated heterocycles. The summed E-state index contributed by atoms with van der Waals surface area (Å²) in [7, 11) is 0. The Labute approximate surface area is 132 Å². The molecule has 1 aromatic carbocycles. The Hall–Kier alpha value is -2.86. The van der Waals surface area contributed by atoms with Crippen molar-refractivity contribution >= 4 is 5.69 Å². The summed E-state index contributed by atoms with van der Waals surface area (Å²) in [6.07, 6.45) is 1.71. The van der Waals surface area contributed by atoms with Crippen molar-refractivity contribution in [1.29, 1.82) is 0 Å². The van der Waals surface area contributed by atoms with Crippen LogP contribution in [0.25, 0.3) is 11.1 Å². The van der Waals surface area contributed by atoms with E-state index in [9.17, 15) is 9.90 Å². The van der Waals surface area contributed by atoms with Crippen LogP contribution in [0.1, 0.15) is 17.0 Å². The quantitative estimate of drug-likeness (QED) is 0.768. The van der Waals surface area contributed by atoms with Gasteiger partial charge in [0.15, 0.2) is 0 Å². The molecule has 0 aliphatic heterocycles. The predicted octanol–water partition coefficient (Wildman–Crippen LogP) is 1.93. The molecule has 0 fully saturated rings. The minimum atomic E-state index is -0.253. The number of aromatic nitrogens is 2. The Morgan fingerprint density at radius 1 is 1.30 bits per heavy atom. The van der Waals surface area contributed by atoms with E-state index in [1.54, 1.807) is 23.8 Å². The first-order valence-electron chi connectivity index (χ1n) is 7.20. The highest BCUT2D eigenvalue weighted by Crippen LogP contribution is 2.27. The molecule has 118 valence electrons. The summed E-state index contributed by atoms with van der Waals surface area (Å²) in [5.74, 6) is 0.568. The number of pyridine rings is 1. The number of aliphatic hydroxyl groups is 1. The molecule has 6 nitrogen and oxygen atoms in total. The zero-order chi connectivity index (χ0) is 16.4. The molecule has 23 heavy (non-hydrogen) atoms. The molecule has 3 aromatic rings. The fraction of sp³-hybridized carbons (Fsp3) is 0.176. The summed E-state index contributed by atoms with van der Waals surface area (Å²) < 4.78 is 6.68. The highest BCUT2D eigenvalue weighted by Gasteiger charge is 2.16. The predicted molar refractivity (Wildman–Crippen MR) is 86.8 cm³/mol. The van der Waals surface area contributed by atoms with Crippen molar-refractivity contribution in [3.63, 3.8) is 0 Å². The van der Waals surface area contributed by atoms with E-state index in [1.165, 1.54) is 0 Å². The summed E-state index contributed by atoms with van der Waals surface area (Å²) in [4.78, 5) is 12.3. The maximum Gasteiger partial charge on any atom is 0.274 e. The molecule has 0 aliphatic rings. The van der Waals surface area contributed by atoms with Gasteiger partial charge in [0, 0.05) is 11.8 Å².